The van der Waals surface area contributed by atoms with E-state index >= 15 is 0 Å². The summed E-state index contributed by atoms with van der Waals surface area (Å²) in [5.74, 6) is 0.223. The molecule has 2 nitrogen and oxygen atoms in total. The van der Waals surface area contributed by atoms with E-state index in [0.717, 1.165) is 6.20 Å². The smallest absolute Gasteiger partial charge is 0.384 e. The molecule has 2 N–H and O–H groups in total. The highest BCUT2D eigenvalue weighted by Crippen LogP contribution is 2.20. The van der Waals surface area contributed by atoms with Crippen LogP contribution < -0.4 is 5.73 Å². The Morgan fingerprint density at radius 1 is 1.33 bits per heavy atom. The minimum atomic E-state index is -4.18. The molecule has 0 atom stereocenters. The first-order valence-corrected chi connectivity index (χ1v) is 3.24. The fraction of sp³-hybridized carbons (Fsp3) is 0.286. The van der Waals surface area contributed by atoms with E-state index in [1.54, 1.807) is 0 Å². The first-order valence-electron chi connectivity index (χ1n) is 3.24. The topological polar surface area (TPSA) is 38.9 Å². The van der Waals surface area contributed by atoms with Crippen molar-refractivity contribution in [1.82, 2.24) is 4.98 Å². The Hall–Kier alpha value is -1.26. The van der Waals surface area contributed by atoms with E-state index in [1.165, 1.54) is 12.1 Å². The predicted octanol–water partition coefficient (Wildman–Crippen LogP) is 1.77. The molecule has 66 valence electrons. The highest BCUT2D eigenvalue weighted by atomic mass is 19.4. The van der Waals surface area contributed by atoms with Crippen molar-refractivity contribution in [3.63, 3.8) is 0 Å². The third-order valence-electron chi connectivity index (χ3n) is 1.25. The van der Waals surface area contributed by atoms with Gasteiger partial charge < -0.3 is 5.73 Å². The normalized spacial score (nSPS) is 11.6. The zero-order chi connectivity index (χ0) is 9.19. The molecule has 12 heavy (non-hydrogen) atoms. The van der Waals surface area contributed by atoms with Crippen molar-refractivity contribution < 1.29 is 13.2 Å². The number of hydrogen-bond acceptors (Lipinski definition) is 2. The van der Waals surface area contributed by atoms with Crippen LogP contribution in [0.3, 0.4) is 0 Å². The van der Waals surface area contributed by atoms with Gasteiger partial charge >= 0.3 is 6.18 Å². The molecule has 0 aromatic carbocycles. The highest BCUT2D eigenvalue weighted by molar-refractivity contribution is 5.29. The van der Waals surface area contributed by atoms with Gasteiger partial charge in [-0.2, -0.15) is 13.2 Å². The molecule has 0 spiro atoms. The molecule has 0 unspecified atom stereocenters. The molecule has 0 radical (unpaired) electrons. The minimum Gasteiger partial charge on any atom is -0.384 e. The number of alkyl halides is 3. The van der Waals surface area contributed by atoms with E-state index in [0.29, 0.717) is 0 Å². The maximum Gasteiger partial charge on any atom is 0.393 e. The van der Waals surface area contributed by atoms with Gasteiger partial charge in [0.1, 0.15) is 5.82 Å². The van der Waals surface area contributed by atoms with E-state index in [9.17, 15) is 13.2 Å². The fourth-order valence-electron chi connectivity index (χ4n) is 0.772. The summed E-state index contributed by atoms with van der Waals surface area (Å²) in [5, 5.41) is 0. The van der Waals surface area contributed by atoms with Gasteiger partial charge in [-0.15, -0.1) is 0 Å². The van der Waals surface area contributed by atoms with Crippen LogP contribution in [-0.4, -0.2) is 11.2 Å². The second-order valence-corrected chi connectivity index (χ2v) is 2.38. The van der Waals surface area contributed by atoms with E-state index in [1.807, 2.05) is 0 Å². The van der Waals surface area contributed by atoms with Gasteiger partial charge in [0.2, 0.25) is 0 Å². The number of anilines is 1. The summed E-state index contributed by atoms with van der Waals surface area (Å²) < 4.78 is 35.3. The molecular formula is C7H7F3N2. The SMILES string of the molecule is Nc1ccc(CC(F)(F)F)cn1. The third-order valence-corrected chi connectivity index (χ3v) is 1.25. The Morgan fingerprint density at radius 2 is 2.00 bits per heavy atom. The molecule has 0 aliphatic carbocycles. The zero-order valence-corrected chi connectivity index (χ0v) is 6.10. The number of aromatic nitrogens is 1. The van der Waals surface area contributed by atoms with Gasteiger partial charge in [0, 0.05) is 6.20 Å². The zero-order valence-electron chi connectivity index (χ0n) is 6.10. The number of nitrogens with two attached hydrogens (primary N) is 1. The molecular weight excluding hydrogens is 169 g/mol. The molecule has 1 heterocycles. The molecule has 1 aromatic heterocycles. The van der Waals surface area contributed by atoms with Gasteiger partial charge in [0.15, 0.2) is 0 Å². The van der Waals surface area contributed by atoms with Crippen LogP contribution >= 0.6 is 0 Å². The van der Waals surface area contributed by atoms with Gasteiger partial charge in [-0.3, -0.25) is 0 Å². The number of pyridine rings is 1. The summed E-state index contributed by atoms with van der Waals surface area (Å²) in [7, 11) is 0. The number of rotatable bonds is 1. The van der Waals surface area contributed by atoms with Crippen LogP contribution in [0.15, 0.2) is 18.3 Å². The van der Waals surface area contributed by atoms with Crippen molar-refractivity contribution in [3.8, 4) is 0 Å². The molecule has 1 rings (SSSR count). The summed E-state index contributed by atoms with van der Waals surface area (Å²) in [6, 6.07) is 2.66. The number of hydrogen-bond donors (Lipinski definition) is 1. The average molecular weight is 176 g/mol. The lowest BCUT2D eigenvalue weighted by atomic mass is 10.2. The quantitative estimate of drug-likeness (QED) is 0.708. The second-order valence-electron chi connectivity index (χ2n) is 2.38. The van der Waals surface area contributed by atoms with E-state index in [2.05, 4.69) is 4.98 Å². The monoisotopic (exact) mass is 176 g/mol. The summed E-state index contributed by atoms with van der Waals surface area (Å²) in [4.78, 5) is 3.54. The number of halogens is 3. The fourth-order valence-corrected chi connectivity index (χ4v) is 0.772. The van der Waals surface area contributed by atoms with Crippen LogP contribution in [0.5, 0.6) is 0 Å². The Morgan fingerprint density at radius 3 is 2.42 bits per heavy atom. The third kappa shape index (κ3) is 2.77. The van der Waals surface area contributed by atoms with Crippen molar-refractivity contribution in [2.24, 2.45) is 0 Å². The molecule has 5 heteroatoms. The average Bonchev–Trinajstić information content (AvgIpc) is 1.91. The van der Waals surface area contributed by atoms with Gasteiger partial charge in [0.25, 0.3) is 0 Å². The molecule has 0 amide bonds. The maximum absolute atomic E-state index is 11.8. The molecule has 0 saturated carbocycles. The minimum absolute atomic E-state index is 0.122. The summed E-state index contributed by atoms with van der Waals surface area (Å²) in [5.41, 5.74) is 5.32. The molecule has 0 aliphatic heterocycles. The van der Waals surface area contributed by atoms with Crippen LogP contribution in [0.4, 0.5) is 19.0 Å². The maximum atomic E-state index is 11.8. The summed E-state index contributed by atoms with van der Waals surface area (Å²) in [6.07, 6.45) is -4.01. The number of nitrogen functional groups attached to an aromatic ring is 1. The standard InChI is InChI=1S/C7H7F3N2/c8-7(9,10)3-5-1-2-6(11)12-4-5/h1-2,4H,3H2,(H2,11,12). The number of nitrogens with zero attached hydrogens (tertiary/aromatic N) is 1. The molecule has 0 fully saturated rings. The lowest BCUT2D eigenvalue weighted by Gasteiger charge is -2.05. The van der Waals surface area contributed by atoms with Crippen molar-refractivity contribution >= 4 is 5.82 Å². The summed E-state index contributed by atoms with van der Waals surface area (Å²) >= 11 is 0. The van der Waals surface area contributed by atoms with Crippen molar-refractivity contribution in [2.75, 3.05) is 5.73 Å². The Balaban J connectivity index is 2.71. The van der Waals surface area contributed by atoms with Gasteiger partial charge in [-0.1, -0.05) is 6.07 Å². The molecule has 1 aromatic rings. The predicted molar refractivity (Wildman–Crippen MR) is 38.4 cm³/mol. The Kier molecular flexibility index (Phi) is 2.21. The Bertz CT molecular complexity index is 252. The first-order chi connectivity index (χ1) is 5.47. The van der Waals surface area contributed by atoms with E-state index in [4.69, 9.17) is 5.73 Å². The van der Waals surface area contributed by atoms with Crippen LogP contribution in [0.2, 0.25) is 0 Å². The Labute approximate surface area is 67.2 Å². The molecule has 0 saturated heterocycles. The lowest BCUT2D eigenvalue weighted by molar-refractivity contribution is -0.127. The van der Waals surface area contributed by atoms with Gasteiger partial charge in [-0.25, -0.2) is 4.98 Å². The van der Waals surface area contributed by atoms with Crippen molar-refractivity contribution in [2.45, 2.75) is 12.6 Å². The van der Waals surface area contributed by atoms with Crippen LogP contribution in [0.25, 0.3) is 0 Å². The lowest BCUT2D eigenvalue weighted by Crippen LogP contribution is -2.11. The van der Waals surface area contributed by atoms with E-state index in [-0.39, 0.29) is 11.4 Å². The van der Waals surface area contributed by atoms with Crippen molar-refractivity contribution in [1.29, 1.82) is 0 Å². The molecule has 0 aliphatic rings. The van der Waals surface area contributed by atoms with Crippen LogP contribution in [-0.2, 0) is 6.42 Å². The first kappa shape index (κ1) is 8.83. The van der Waals surface area contributed by atoms with Gasteiger partial charge in [-0.05, 0) is 11.6 Å². The summed E-state index contributed by atoms with van der Waals surface area (Å²) in [6.45, 7) is 0. The van der Waals surface area contributed by atoms with Crippen LogP contribution in [0.1, 0.15) is 5.56 Å². The van der Waals surface area contributed by atoms with Crippen molar-refractivity contribution in [3.05, 3.63) is 23.9 Å². The second kappa shape index (κ2) is 3.00. The highest BCUT2D eigenvalue weighted by Gasteiger charge is 2.27. The van der Waals surface area contributed by atoms with E-state index < -0.39 is 12.6 Å². The van der Waals surface area contributed by atoms with Crippen LogP contribution in [0, 0.1) is 0 Å². The van der Waals surface area contributed by atoms with Gasteiger partial charge in [0.05, 0.1) is 6.42 Å². The largest absolute Gasteiger partial charge is 0.393 e. The molecule has 0 bridgehead atoms.